The number of aryl methyl sites for hydroxylation is 4. The Bertz CT molecular complexity index is 871. The average molecular weight is 376 g/mol. The normalized spacial score (nSPS) is 12.2. The number of nitrogens with zero attached hydrogens (tertiary/aromatic N) is 2. The van der Waals surface area contributed by atoms with Crippen LogP contribution in [0.15, 0.2) is 24.3 Å². The maximum Gasteiger partial charge on any atom is 0.331 e. The highest BCUT2D eigenvalue weighted by Gasteiger charge is 2.18. The molecule has 1 unspecified atom stereocenters. The number of halogens is 1. The first-order chi connectivity index (χ1) is 12.2. The number of aromatic nitrogens is 2. The number of hydrogen-bond acceptors (Lipinski definition) is 4. The molecule has 6 nitrogen and oxygen atoms in total. The third-order valence-corrected chi connectivity index (χ3v) is 4.33. The second-order valence-corrected chi connectivity index (χ2v) is 6.49. The Hall–Kier alpha value is -2.60. The fraction of sp³-hybridized carbons (Fsp3) is 0.316. The minimum absolute atomic E-state index is 0.394. The number of esters is 1. The van der Waals surface area contributed by atoms with Gasteiger partial charge in [0.2, 0.25) is 0 Å². The summed E-state index contributed by atoms with van der Waals surface area (Å²) in [6, 6.07) is 5.70. The van der Waals surface area contributed by atoms with E-state index in [1.807, 2.05) is 32.0 Å². The fourth-order valence-electron chi connectivity index (χ4n) is 2.44. The van der Waals surface area contributed by atoms with E-state index >= 15 is 0 Å². The van der Waals surface area contributed by atoms with Crippen molar-refractivity contribution >= 4 is 35.2 Å². The van der Waals surface area contributed by atoms with Gasteiger partial charge in [-0.15, -0.1) is 0 Å². The number of benzene rings is 1. The summed E-state index contributed by atoms with van der Waals surface area (Å²) in [7, 11) is 1.71. The van der Waals surface area contributed by atoms with Crippen LogP contribution in [-0.4, -0.2) is 27.8 Å². The van der Waals surface area contributed by atoms with E-state index in [1.165, 1.54) is 23.8 Å². The minimum Gasteiger partial charge on any atom is -0.449 e. The number of amides is 1. The van der Waals surface area contributed by atoms with Crippen molar-refractivity contribution in [2.45, 2.75) is 33.8 Å². The lowest BCUT2D eigenvalue weighted by atomic mass is 10.1. The second-order valence-electron chi connectivity index (χ2n) is 6.13. The van der Waals surface area contributed by atoms with Gasteiger partial charge in [0.25, 0.3) is 5.91 Å². The van der Waals surface area contributed by atoms with Crippen LogP contribution in [0.25, 0.3) is 6.08 Å². The van der Waals surface area contributed by atoms with Crippen LogP contribution in [0.5, 0.6) is 0 Å². The number of ether oxygens (including phenoxy) is 1. The Balaban J connectivity index is 1.97. The molecule has 0 aliphatic rings. The molecule has 0 saturated carbocycles. The van der Waals surface area contributed by atoms with Crippen molar-refractivity contribution in [3.8, 4) is 0 Å². The summed E-state index contributed by atoms with van der Waals surface area (Å²) in [5.74, 6) is -1.03. The van der Waals surface area contributed by atoms with Crippen LogP contribution < -0.4 is 5.32 Å². The summed E-state index contributed by atoms with van der Waals surface area (Å²) >= 11 is 6.10. The van der Waals surface area contributed by atoms with E-state index < -0.39 is 18.0 Å². The van der Waals surface area contributed by atoms with E-state index in [1.54, 1.807) is 14.0 Å². The van der Waals surface area contributed by atoms with Crippen molar-refractivity contribution in [3.63, 3.8) is 0 Å². The maximum atomic E-state index is 12.2. The molecule has 1 amide bonds. The molecule has 1 aromatic carbocycles. The SMILES string of the molecule is Cc1ccc(NC(=O)C(C)OC(=O)/C=C/c2c(C)nn(C)c2Cl)c(C)c1. The summed E-state index contributed by atoms with van der Waals surface area (Å²) in [6.07, 6.45) is 1.83. The van der Waals surface area contributed by atoms with Gasteiger partial charge in [0.1, 0.15) is 5.15 Å². The summed E-state index contributed by atoms with van der Waals surface area (Å²) in [5, 5.41) is 7.34. The Morgan fingerprint density at radius 3 is 2.58 bits per heavy atom. The minimum atomic E-state index is -0.932. The number of carbonyl (C=O) groups excluding carboxylic acids is 2. The zero-order chi connectivity index (χ0) is 19.4. The third-order valence-electron chi connectivity index (χ3n) is 3.88. The van der Waals surface area contributed by atoms with Crippen molar-refractivity contribution in [3.05, 3.63) is 51.8 Å². The Morgan fingerprint density at radius 2 is 2.00 bits per heavy atom. The lowest BCUT2D eigenvalue weighted by Gasteiger charge is -2.14. The first-order valence-corrected chi connectivity index (χ1v) is 8.52. The molecular formula is C19H22ClN3O3. The van der Waals surface area contributed by atoms with Gasteiger partial charge >= 0.3 is 5.97 Å². The van der Waals surface area contributed by atoms with Gasteiger partial charge in [-0.3, -0.25) is 9.48 Å². The molecule has 26 heavy (non-hydrogen) atoms. The van der Waals surface area contributed by atoms with Crippen LogP contribution in [0.2, 0.25) is 5.15 Å². The van der Waals surface area contributed by atoms with Gasteiger partial charge in [-0.05, 0) is 45.4 Å². The third kappa shape index (κ3) is 4.73. The average Bonchev–Trinajstić information content (AvgIpc) is 2.80. The van der Waals surface area contributed by atoms with Gasteiger partial charge in [-0.2, -0.15) is 5.10 Å². The smallest absolute Gasteiger partial charge is 0.331 e. The van der Waals surface area contributed by atoms with Crippen molar-refractivity contribution in [2.75, 3.05) is 5.32 Å². The highest BCUT2D eigenvalue weighted by Crippen LogP contribution is 2.20. The molecule has 1 heterocycles. The molecule has 0 fully saturated rings. The quantitative estimate of drug-likeness (QED) is 0.640. The van der Waals surface area contributed by atoms with E-state index in [-0.39, 0.29) is 0 Å². The van der Waals surface area contributed by atoms with Crippen LogP contribution >= 0.6 is 11.6 Å². The van der Waals surface area contributed by atoms with Crippen LogP contribution in [0, 0.1) is 20.8 Å². The largest absolute Gasteiger partial charge is 0.449 e. The van der Waals surface area contributed by atoms with Crippen LogP contribution in [0.4, 0.5) is 5.69 Å². The van der Waals surface area contributed by atoms with Gasteiger partial charge < -0.3 is 10.1 Å². The standard InChI is InChI=1S/C19H22ClN3O3/c1-11-6-8-16(12(2)10-11)21-19(25)14(4)26-17(24)9-7-15-13(3)22-23(5)18(15)20/h6-10,14H,1-5H3,(H,21,25)/b9-7+. The van der Waals surface area contributed by atoms with Crippen LogP contribution in [0.1, 0.15) is 29.3 Å². The molecule has 1 atom stereocenters. The van der Waals surface area contributed by atoms with Gasteiger partial charge in [0.15, 0.2) is 6.10 Å². The molecular weight excluding hydrogens is 354 g/mol. The summed E-state index contributed by atoms with van der Waals surface area (Å²) in [6.45, 7) is 7.19. The number of anilines is 1. The molecule has 0 aliphatic carbocycles. The topological polar surface area (TPSA) is 73.2 Å². The predicted octanol–water partition coefficient (Wildman–Crippen LogP) is 3.58. The number of rotatable bonds is 5. The molecule has 0 radical (unpaired) electrons. The van der Waals surface area contributed by atoms with Crippen molar-refractivity contribution in [2.24, 2.45) is 7.05 Å². The molecule has 2 aromatic rings. The molecule has 0 aliphatic heterocycles. The van der Waals surface area contributed by atoms with E-state index in [4.69, 9.17) is 16.3 Å². The lowest BCUT2D eigenvalue weighted by molar-refractivity contribution is -0.148. The van der Waals surface area contributed by atoms with Gasteiger partial charge in [0, 0.05) is 24.4 Å². The Labute approximate surface area is 157 Å². The Morgan fingerprint density at radius 1 is 1.31 bits per heavy atom. The van der Waals surface area contributed by atoms with Crippen molar-refractivity contribution in [1.29, 1.82) is 0 Å². The molecule has 7 heteroatoms. The molecule has 0 bridgehead atoms. The van der Waals surface area contributed by atoms with Gasteiger partial charge in [-0.1, -0.05) is 29.3 Å². The number of nitrogens with one attached hydrogen (secondary N) is 1. The highest BCUT2D eigenvalue weighted by molar-refractivity contribution is 6.31. The maximum absolute atomic E-state index is 12.2. The van der Waals surface area contributed by atoms with Crippen molar-refractivity contribution in [1.82, 2.24) is 9.78 Å². The molecule has 2 rings (SSSR count). The van der Waals surface area contributed by atoms with Crippen LogP contribution in [-0.2, 0) is 21.4 Å². The second kappa shape index (κ2) is 8.19. The first-order valence-electron chi connectivity index (χ1n) is 8.15. The molecule has 138 valence electrons. The number of hydrogen-bond donors (Lipinski definition) is 1. The molecule has 0 spiro atoms. The van der Waals surface area contributed by atoms with E-state index in [9.17, 15) is 9.59 Å². The summed E-state index contributed by atoms with van der Waals surface area (Å²) in [4.78, 5) is 24.2. The summed E-state index contributed by atoms with van der Waals surface area (Å²) < 4.78 is 6.66. The Kier molecular flexibility index (Phi) is 6.21. The van der Waals surface area contributed by atoms with E-state index in [0.29, 0.717) is 22.1 Å². The van der Waals surface area contributed by atoms with E-state index in [0.717, 1.165) is 11.1 Å². The van der Waals surface area contributed by atoms with Gasteiger partial charge in [-0.25, -0.2) is 4.79 Å². The lowest BCUT2D eigenvalue weighted by Crippen LogP contribution is -2.29. The zero-order valence-electron chi connectivity index (χ0n) is 15.5. The van der Waals surface area contributed by atoms with Gasteiger partial charge in [0.05, 0.1) is 5.69 Å². The molecule has 1 N–H and O–H groups in total. The first kappa shape index (κ1) is 19.7. The zero-order valence-corrected chi connectivity index (χ0v) is 16.2. The summed E-state index contributed by atoms with van der Waals surface area (Å²) in [5.41, 5.74) is 4.07. The molecule has 1 aromatic heterocycles. The number of carbonyl (C=O) groups is 2. The predicted molar refractivity (Wildman–Crippen MR) is 102 cm³/mol. The fourth-order valence-corrected chi connectivity index (χ4v) is 2.68. The monoisotopic (exact) mass is 375 g/mol. The van der Waals surface area contributed by atoms with Crippen LogP contribution in [0.3, 0.4) is 0 Å². The molecule has 0 saturated heterocycles. The highest BCUT2D eigenvalue weighted by atomic mass is 35.5. The van der Waals surface area contributed by atoms with E-state index in [2.05, 4.69) is 10.4 Å². The van der Waals surface area contributed by atoms with Crippen molar-refractivity contribution < 1.29 is 14.3 Å².